The second-order valence-electron chi connectivity index (χ2n) is 8.60. The summed E-state index contributed by atoms with van der Waals surface area (Å²) in [5, 5.41) is 0. The molecule has 162 valence electrons. The number of fused-ring (bicyclic) bond motifs is 1. The second-order valence-corrected chi connectivity index (χ2v) is 8.60. The molecule has 2 aliphatic rings. The maximum absolute atomic E-state index is 13.0. The van der Waals surface area contributed by atoms with Gasteiger partial charge in [-0.1, -0.05) is 13.8 Å². The van der Waals surface area contributed by atoms with Crippen LogP contribution in [0.2, 0.25) is 0 Å². The van der Waals surface area contributed by atoms with Gasteiger partial charge >= 0.3 is 0 Å². The zero-order chi connectivity index (χ0) is 21.1. The molecule has 2 aliphatic heterocycles. The van der Waals surface area contributed by atoms with Gasteiger partial charge in [-0.25, -0.2) is 15.0 Å². The van der Waals surface area contributed by atoms with Crippen LogP contribution in [-0.4, -0.2) is 77.0 Å². The van der Waals surface area contributed by atoms with Gasteiger partial charge in [-0.15, -0.1) is 0 Å². The SMILES string of the molecule is CCc1nc2cc(N3CCC(C(=O)N4CCCN(C)CC4)CC3)cnc2nc1CC. The number of likely N-dealkylation sites (N-methyl/N-ethyl adjacent to an activating group) is 1. The first-order valence-electron chi connectivity index (χ1n) is 11.5. The van der Waals surface area contributed by atoms with Crippen molar-refractivity contribution in [3.8, 4) is 0 Å². The van der Waals surface area contributed by atoms with Crippen LogP contribution in [0, 0.1) is 5.92 Å². The van der Waals surface area contributed by atoms with Crippen LogP contribution in [0.15, 0.2) is 12.3 Å². The van der Waals surface area contributed by atoms with E-state index < -0.39 is 0 Å². The number of carbonyl (C=O) groups excluding carboxylic acids is 1. The summed E-state index contributed by atoms with van der Waals surface area (Å²) < 4.78 is 0. The fourth-order valence-electron chi connectivity index (χ4n) is 4.65. The Balaban J connectivity index is 1.42. The fourth-order valence-corrected chi connectivity index (χ4v) is 4.65. The lowest BCUT2D eigenvalue weighted by atomic mass is 9.95. The molecule has 0 radical (unpaired) electrons. The normalized spacial score (nSPS) is 19.3. The van der Waals surface area contributed by atoms with Crippen molar-refractivity contribution >= 4 is 22.8 Å². The molecule has 0 aliphatic carbocycles. The summed E-state index contributed by atoms with van der Waals surface area (Å²) in [4.78, 5) is 33.9. The number of aromatic nitrogens is 3. The molecular weight excluding hydrogens is 376 g/mol. The van der Waals surface area contributed by atoms with Gasteiger partial charge in [0.25, 0.3) is 0 Å². The van der Waals surface area contributed by atoms with Crippen molar-refractivity contribution in [1.82, 2.24) is 24.8 Å². The van der Waals surface area contributed by atoms with Gasteiger partial charge in [0.1, 0.15) is 5.52 Å². The highest BCUT2D eigenvalue weighted by molar-refractivity contribution is 5.79. The van der Waals surface area contributed by atoms with Gasteiger partial charge in [0, 0.05) is 38.6 Å². The zero-order valence-corrected chi connectivity index (χ0v) is 18.6. The Morgan fingerprint density at radius 1 is 1.00 bits per heavy atom. The topological polar surface area (TPSA) is 65.5 Å². The Labute approximate surface area is 179 Å². The van der Waals surface area contributed by atoms with E-state index in [1.807, 2.05) is 6.20 Å². The average molecular weight is 411 g/mol. The molecular formula is C23H34N6O. The largest absolute Gasteiger partial charge is 0.370 e. The predicted molar refractivity (Wildman–Crippen MR) is 120 cm³/mol. The molecule has 2 aromatic rings. The van der Waals surface area contributed by atoms with Crippen LogP contribution in [0.4, 0.5) is 5.69 Å². The fraction of sp³-hybridized carbons (Fsp3) is 0.652. The second kappa shape index (κ2) is 9.25. The van der Waals surface area contributed by atoms with E-state index in [4.69, 9.17) is 9.97 Å². The molecule has 1 amide bonds. The number of hydrogen-bond acceptors (Lipinski definition) is 6. The molecule has 0 unspecified atom stereocenters. The summed E-state index contributed by atoms with van der Waals surface area (Å²) in [7, 11) is 2.14. The smallest absolute Gasteiger partial charge is 0.225 e. The van der Waals surface area contributed by atoms with Crippen molar-refractivity contribution in [1.29, 1.82) is 0 Å². The van der Waals surface area contributed by atoms with Crippen LogP contribution < -0.4 is 4.90 Å². The number of anilines is 1. The molecule has 0 bridgehead atoms. The van der Waals surface area contributed by atoms with Crippen LogP contribution in [-0.2, 0) is 17.6 Å². The number of hydrogen-bond donors (Lipinski definition) is 0. The van der Waals surface area contributed by atoms with Crippen molar-refractivity contribution in [2.45, 2.75) is 46.0 Å². The van der Waals surface area contributed by atoms with E-state index in [0.717, 1.165) is 99.6 Å². The molecule has 4 rings (SSSR count). The van der Waals surface area contributed by atoms with E-state index in [1.165, 1.54) is 0 Å². The molecule has 4 heterocycles. The number of aryl methyl sites for hydroxylation is 2. The lowest BCUT2D eigenvalue weighted by molar-refractivity contribution is -0.136. The summed E-state index contributed by atoms with van der Waals surface area (Å²) in [6, 6.07) is 2.11. The predicted octanol–water partition coefficient (Wildman–Crippen LogP) is 2.53. The molecule has 0 aromatic carbocycles. The highest BCUT2D eigenvalue weighted by atomic mass is 16.2. The standard InChI is InChI=1S/C23H34N6O/c1-4-19-20(5-2)26-22-21(25-19)15-18(16-24-22)28-11-7-17(8-12-28)23(30)29-10-6-9-27(3)13-14-29/h15-17H,4-14H2,1-3H3. The first-order chi connectivity index (χ1) is 14.6. The molecule has 0 N–H and O–H groups in total. The molecule has 7 nitrogen and oxygen atoms in total. The lowest BCUT2D eigenvalue weighted by Crippen LogP contribution is -2.43. The van der Waals surface area contributed by atoms with E-state index in [0.29, 0.717) is 5.91 Å². The van der Waals surface area contributed by atoms with Crippen molar-refractivity contribution in [3.05, 3.63) is 23.7 Å². The van der Waals surface area contributed by atoms with Crippen molar-refractivity contribution in [2.24, 2.45) is 5.92 Å². The molecule has 0 spiro atoms. The molecule has 2 aromatic heterocycles. The molecule has 2 fully saturated rings. The van der Waals surface area contributed by atoms with Gasteiger partial charge in [0.05, 0.1) is 23.3 Å². The van der Waals surface area contributed by atoms with E-state index in [1.54, 1.807) is 0 Å². The number of pyridine rings is 1. The Kier molecular flexibility index (Phi) is 6.46. The summed E-state index contributed by atoms with van der Waals surface area (Å²) >= 11 is 0. The van der Waals surface area contributed by atoms with E-state index in [9.17, 15) is 4.79 Å². The Morgan fingerprint density at radius 2 is 1.73 bits per heavy atom. The Bertz CT molecular complexity index is 893. The Morgan fingerprint density at radius 3 is 2.47 bits per heavy atom. The van der Waals surface area contributed by atoms with Gasteiger partial charge in [-0.2, -0.15) is 0 Å². The van der Waals surface area contributed by atoms with Crippen molar-refractivity contribution in [2.75, 3.05) is 51.2 Å². The average Bonchev–Trinajstić information content (AvgIpc) is 3.01. The number of nitrogens with zero attached hydrogens (tertiary/aromatic N) is 6. The first kappa shape index (κ1) is 21.0. The zero-order valence-electron chi connectivity index (χ0n) is 18.6. The Hall–Kier alpha value is -2.28. The van der Waals surface area contributed by atoms with Crippen molar-refractivity contribution < 1.29 is 4.79 Å². The molecule has 7 heteroatoms. The van der Waals surface area contributed by atoms with E-state index >= 15 is 0 Å². The highest BCUT2D eigenvalue weighted by Gasteiger charge is 2.29. The maximum Gasteiger partial charge on any atom is 0.225 e. The highest BCUT2D eigenvalue weighted by Crippen LogP contribution is 2.26. The maximum atomic E-state index is 13.0. The molecule has 2 saturated heterocycles. The molecule has 0 saturated carbocycles. The number of amides is 1. The number of rotatable bonds is 4. The summed E-state index contributed by atoms with van der Waals surface area (Å²) in [5.74, 6) is 0.504. The molecule has 30 heavy (non-hydrogen) atoms. The number of piperidine rings is 1. The van der Waals surface area contributed by atoms with Crippen LogP contribution in [0.5, 0.6) is 0 Å². The minimum atomic E-state index is 0.150. The molecule has 0 atom stereocenters. The van der Waals surface area contributed by atoms with Gasteiger partial charge in [0.15, 0.2) is 5.65 Å². The van der Waals surface area contributed by atoms with E-state index in [2.05, 4.69) is 46.6 Å². The third-order valence-electron chi connectivity index (χ3n) is 6.57. The van der Waals surface area contributed by atoms with Gasteiger partial charge in [-0.3, -0.25) is 4.79 Å². The van der Waals surface area contributed by atoms with Crippen LogP contribution in [0.1, 0.15) is 44.5 Å². The van der Waals surface area contributed by atoms with Gasteiger partial charge in [-0.05, 0) is 51.8 Å². The van der Waals surface area contributed by atoms with E-state index in [-0.39, 0.29) is 5.92 Å². The summed E-state index contributed by atoms with van der Waals surface area (Å²) in [5.41, 5.74) is 4.79. The lowest BCUT2D eigenvalue weighted by Gasteiger charge is -2.35. The minimum Gasteiger partial charge on any atom is -0.370 e. The first-order valence-corrected chi connectivity index (χ1v) is 11.5. The third-order valence-corrected chi connectivity index (χ3v) is 6.57. The minimum absolute atomic E-state index is 0.150. The van der Waals surface area contributed by atoms with Gasteiger partial charge in [0.2, 0.25) is 5.91 Å². The van der Waals surface area contributed by atoms with Crippen LogP contribution in [0.3, 0.4) is 0 Å². The summed E-state index contributed by atoms with van der Waals surface area (Å²) in [6.45, 7) is 9.83. The van der Waals surface area contributed by atoms with Crippen LogP contribution >= 0.6 is 0 Å². The van der Waals surface area contributed by atoms with Crippen molar-refractivity contribution in [3.63, 3.8) is 0 Å². The summed E-state index contributed by atoms with van der Waals surface area (Å²) in [6.07, 6.45) is 6.56. The quantitative estimate of drug-likeness (QED) is 0.772. The number of carbonyl (C=O) groups is 1. The van der Waals surface area contributed by atoms with Gasteiger partial charge < -0.3 is 14.7 Å². The monoisotopic (exact) mass is 410 g/mol. The van der Waals surface area contributed by atoms with Crippen LogP contribution in [0.25, 0.3) is 11.2 Å². The third kappa shape index (κ3) is 4.41.